The molecule has 0 aliphatic heterocycles. The van der Waals surface area contributed by atoms with Crippen molar-refractivity contribution in [1.29, 1.82) is 0 Å². The average Bonchev–Trinajstić information content (AvgIpc) is 2.87. The molecule has 0 heterocycles. The SMILES string of the molecule is CCCCCCCCCCCCCCCCCCCCCCCCCCCC(=O)OC[C@@H](N)CO. The van der Waals surface area contributed by atoms with Gasteiger partial charge in [0.25, 0.3) is 0 Å². The highest BCUT2D eigenvalue weighted by molar-refractivity contribution is 5.69. The van der Waals surface area contributed by atoms with Gasteiger partial charge in [-0.2, -0.15) is 0 Å². The molecule has 0 spiro atoms. The van der Waals surface area contributed by atoms with E-state index in [2.05, 4.69) is 6.92 Å². The fourth-order valence-corrected chi connectivity index (χ4v) is 4.73. The van der Waals surface area contributed by atoms with Crippen LogP contribution >= 0.6 is 0 Å². The maximum Gasteiger partial charge on any atom is 0.305 e. The number of esters is 1. The van der Waals surface area contributed by atoms with E-state index in [0.717, 1.165) is 12.8 Å². The summed E-state index contributed by atoms with van der Waals surface area (Å²) in [6.07, 6.45) is 35.0. The van der Waals surface area contributed by atoms with Crippen LogP contribution in [0, 0.1) is 0 Å². The van der Waals surface area contributed by atoms with Crippen LogP contribution in [0.3, 0.4) is 0 Å². The molecule has 210 valence electrons. The number of rotatable bonds is 29. The van der Waals surface area contributed by atoms with Gasteiger partial charge in [-0.15, -0.1) is 0 Å². The zero-order chi connectivity index (χ0) is 25.7. The molecule has 0 fully saturated rings. The maximum absolute atomic E-state index is 11.5. The van der Waals surface area contributed by atoms with Crippen molar-refractivity contribution in [1.82, 2.24) is 0 Å². The average molecular weight is 498 g/mol. The van der Waals surface area contributed by atoms with Gasteiger partial charge in [-0.1, -0.05) is 161 Å². The highest BCUT2D eigenvalue weighted by atomic mass is 16.5. The van der Waals surface area contributed by atoms with Crippen LogP contribution in [-0.2, 0) is 9.53 Å². The highest BCUT2D eigenvalue weighted by Crippen LogP contribution is 2.16. The Morgan fingerprint density at radius 3 is 1.14 bits per heavy atom. The monoisotopic (exact) mass is 497 g/mol. The topological polar surface area (TPSA) is 72.5 Å². The number of carbonyl (C=O) groups is 1. The van der Waals surface area contributed by atoms with Gasteiger partial charge in [0.2, 0.25) is 0 Å². The minimum Gasteiger partial charge on any atom is -0.464 e. The van der Waals surface area contributed by atoms with E-state index in [1.807, 2.05) is 0 Å². The molecule has 35 heavy (non-hydrogen) atoms. The third-order valence-corrected chi connectivity index (χ3v) is 7.18. The molecule has 0 bridgehead atoms. The smallest absolute Gasteiger partial charge is 0.305 e. The van der Waals surface area contributed by atoms with Crippen molar-refractivity contribution in [3.8, 4) is 0 Å². The normalized spacial score (nSPS) is 12.2. The summed E-state index contributed by atoms with van der Waals surface area (Å²) in [5.74, 6) is -0.192. The van der Waals surface area contributed by atoms with Gasteiger partial charge in [0.15, 0.2) is 0 Å². The number of aliphatic hydroxyl groups excluding tert-OH is 1. The Balaban J connectivity index is 3.09. The van der Waals surface area contributed by atoms with Crippen molar-refractivity contribution < 1.29 is 14.6 Å². The molecule has 3 N–H and O–H groups in total. The van der Waals surface area contributed by atoms with Crippen LogP contribution in [0.5, 0.6) is 0 Å². The Hall–Kier alpha value is -0.610. The van der Waals surface area contributed by atoms with Crippen molar-refractivity contribution in [2.24, 2.45) is 5.73 Å². The first-order chi connectivity index (χ1) is 17.2. The van der Waals surface area contributed by atoms with E-state index < -0.39 is 6.04 Å². The van der Waals surface area contributed by atoms with Crippen LogP contribution < -0.4 is 5.73 Å². The van der Waals surface area contributed by atoms with Gasteiger partial charge < -0.3 is 15.6 Å². The van der Waals surface area contributed by atoms with Crippen molar-refractivity contribution in [2.45, 2.75) is 180 Å². The summed E-state index contributed by atoms with van der Waals surface area (Å²) in [5.41, 5.74) is 5.51. The highest BCUT2D eigenvalue weighted by Gasteiger charge is 2.06. The van der Waals surface area contributed by atoms with Gasteiger partial charge >= 0.3 is 5.97 Å². The van der Waals surface area contributed by atoms with E-state index in [4.69, 9.17) is 15.6 Å². The Labute approximate surface area is 219 Å². The number of ether oxygens (including phenoxy) is 1. The molecule has 4 heteroatoms. The van der Waals surface area contributed by atoms with E-state index in [9.17, 15) is 4.79 Å². The number of carbonyl (C=O) groups excluding carboxylic acids is 1. The standard InChI is InChI=1S/C31H63NO3/c1-2-3-4-5-6-7-8-9-10-11-12-13-14-15-16-17-18-19-20-21-22-23-24-25-26-27-31(34)35-29-30(32)28-33/h30,33H,2-29,32H2,1H3/t30-/m0/s1. The van der Waals surface area contributed by atoms with E-state index in [-0.39, 0.29) is 19.2 Å². The van der Waals surface area contributed by atoms with Crippen molar-refractivity contribution in [2.75, 3.05) is 13.2 Å². The first kappa shape index (κ1) is 34.4. The van der Waals surface area contributed by atoms with Crippen molar-refractivity contribution in [3.63, 3.8) is 0 Å². The molecule has 4 nitrogen and oxygen atoms in total. The second kappa shape index (κ2) is 29.6. The van der Waals surface area contributed by atoms with E-state index >= 15 is 0 Å². The molecule has 0 rings (SSSR count). The van der Waals surface area contributed by atoms with E-state index in [1.54, 1.807) is 0 Å². The second-order valence-electron chi connectivity index (χ2n) is 10.9. The molecule has 0 unspecified atom stereocenters. The fourth-order valence-electron chi connectivity index (χ4n) is 4.73. The summed E-state index contributed by atoms with van der Waals surface area (Å²) in [6.45, 7) is 2.27. The van der Waals surface area contributed by atoms with Crippen LogP contribution in [-0.4, -0.2) is 30.3 Å². The molecule has 1 atom stereocenters. The van der Waals surface area contributed by atoms with Crippen LogP contribution in [0.1, 0.15) is 174 Å². The number of hydrogen-bond acceptors (Lipinski definition) is 4. The molecule has 0 saturated carbocycles. The van der Waals surface area contributed by atoms with Gasteiger partial charge in [-0.25, -0.2) is 0 Å². The van der Waals surface area contributed by atoms with Gasteiger partial charge in [0, 0.05) is 6.42 Å². The van der Waals surface area contributed by atoms with Gasteiger partial charge in [0.05, 0.1) is 12.6 Å². The summed E-state index contributed by atoms with van der Waals surface area (Å²) in [6, 6.07) is -0.456. The fraction of sp³-hybridized carbons (Fsp3) is 0.968. The summed E-state index contributed by atoms with van der Waals surface area (Å²) < 4.78 is 5.03. The molecule has 0 aromatic rings. The summed E-state index contributed by atoms with van der Waals surface area (Å²) in [5, 5.41) is 8.81. The van der Waals surface area contributed by atoms with Crippen molar-refractivity contribution >= 4 is 5.97 Å². The zero-order valence-corrected chi connectivity index (χ0v) is 23.7. The molecule has 0 aromatic carbocycles. The minimum absolute atomic E-state index is 0.120. The summed E-state index contributed by atoms with van der Waals surface area (Å²) in [4.78, 5) is 11.5. The third kappa shape index (κ3) is 29.5. The lowest BCUT2D eigenvalue weighted by atomic mass is 10.0. The van der Waals surface area contributed by atoms with Crippen LogP contribution in [0.2, 0.25) is 0 Å². The Morgan fingerprint density at radius 1 is 0.571 bits per heavy atom. The largest absolute Gasteiger partial charge is 0.464 e. The number of unbranched alkanes of at least 4 members (excludes halogenated alkanes) is 24. The van der Waals surface area contributed by atoms with Crippen LogP contribution in [0.4, 0.5) is 0 Å². The molecule has 0 aliphatic carbocycles. The van der Waals surface area contributed by atoms with Gasteiger partial charge in [-0.3, -0.25) is 4.79 Å². The predicted octanol–water partition coefficient (Wildman–Crippen LogP) is 9.01. The van der Waals surface area contributed by atoms with Crippen molar-refractivity contribution in [3.05, 3.63) is 0 Å². The maximum atomic E-state index is 11.5. The Bertz CT molecular complexity index is 416. The Kier molecular flexibility index (Phi) is 29.1. The summed E-state index contributed by atoms with van der Waals surface area (Å²) >= 11 is 0. The Morgan fingerprint density at radius 2 is 0.857 bits per heavy atom. The van der Waals surface area contributed by atoms with Crippen LogP contribution in [0.15, 0.2) is 0 Å². The number of nitrogens with two attached hydrogens (primary N) is 1. The molecular formula is C31H63NO3. The molecule has 0 amide bonds. The van der Waals surface area contributed by atoms with Gasteiger partial charge in [-0.05, 0) is 6.42 Å². The third-order valence-electron chi connectivity index (χ3n) is 7.18. The predicted molar refractivity (Wildman–Crippen MR) is 152 cm³/mol. The zero-order valence-electron chi connectivity index (χ0n) is 23.7. The lowest BCUT2D eigenvalue weighted by Gasteiger charge is -2.09. The van der Waals surface area contributed by atoms with Crippen LogP contribution in [0.25, 0.3) is 0 Å². The molecule has 0 radical (unpaired) electrons. The summed E-state index contributed by atoms with van der Waals surface area (Å²) in [7, 11) is 0. The second-order valence-corrected chi connectivity index (χ2v) is 10.9. The molecular weight excluding hydrogens is 434 g/mol. The van der Waals surface area contributed by atoms with E-state index in [1.165, 1.54) is 148 Å². The number of aliphatic hydroxyl groups is 1. The lowest BCUT2D eigenvalue weighted by molar-refractivity contribution is -0.144. The number of hydrogen-bond donors (Lipinski definition) is 2. The first-order valence-corrected chi connectivity index (χ1v) is 15.7. The first-order valence-electron chi connectivity index (χ1n) is 15.7. The minimum atomic E-state index is -0.456. The molecule has 0 saturated heterocycles. The molecule has 0 aromatic heterocycles. The van der Waals surface area contributed by atoms with Gasteiger partial charge in [0.1, 0.15) is 6.61 Å². The van der Waals surface area contributed by atoms with E-state index in [0.29, 0.717) is 6.42 Å². The molecule has 0 aliphatic rings. The lowest BCUT2D eigenvalue weighted by Crippen LogP contribution is -2.31. The quantitative estimate of drug-likeness (QED) is 0.0798.